The fraction of sp³-hybridized carbons (Fsp3) is 0.435. The Morgan fingerprint density at radius 3 is 1.78 bits per heavy atom. The third-order valence-corrected chi connectivity index (χ3v) is 4.58. The van der Waals surface area contributed by atoms with E-state index in [0.29, 0.717) is 12.3 Å². The molecule has 4 nitrogen and oxygen atoms in total. The van der Waals surface area contributed by atoms with E-state index < -0.39 is 0 Å². The van der Waals surface area contributed by atoms with Crippen molar-refractivity contribution in [1.82, 2.24) is 5.32 Å². The van der Waals surface area contributed by atoms with Crippen LogP contribution in [0.25, 0.3) is 0 Å². The van der Waals surface area contributed by atoms with Gasteiger partial charge in [0, 0.05) is 6.54 Å². The number of amides is 1. The largest absolute Gasteiger partial charge is 0.508 e. The molecule has 0 aliphatic rings. The molecule has 0 aliphatic carbocycles. The summed E-state index contributed by atoms with van der Waals surface area (Å²) in [5.74, 6) is 0.454. The zero-order valence-electron chi connectivity index (χ0n) is 17.2. The minimum atomic E-state index is -0.220. The van der Waals surface area contributed by atoms with Gasteiger partial charge in [-0.1, -0.05) is 65.8 Å². The molecule has 0 radical (unpaired) electrons. The lowest BCUT2D eigenvalue weighted by atomic mass is 9.78. The molecule has 146 valence electrons. The lowest BCUT2D eigenvalue weighted by molar-refractivity contribution is -0.120. The van der Waals surface area contributed by atoms with Crippen molar-refractivity contribution < 1.29 is 15.0 Å². The van der Waals surface area contributed by atoms with E-state index in [1.807, 2.05) is 12.1 Å². The van der Waals surface area contributed by atoms with Gasteiger partial charge in [0.05, 0.1) is 6.42 Å². The van der Waals surface area contributed by atoms with Crippen molar-refractivity contribution in [2.45, 2.75) is 65.3 Å². The maximum Gasteiger partial charge on any atom is 0.224 e. The van der Waals surface area contributed by atoms with Crippen molar-refractivity contribution >= 4 is 5.91 Å². The minimum absolute atomic E-state index is 0.0755. The van der Waals surface area contributed by atoms with Gasteiger partial charge in [-0.3, -0.25) is 4.79 Å². The van der Waals surface area contributed by atoms with E-state index in [1.54, 1.807) is 24.3 Å². The molecule has 4 heteroatoms. The molecule has 0 aliphatic heterocycles. The first-order valence-electron chi connectivity index (χ1n) is 9.29. The summed E-state index contributed by atoms with van der Waals surface area (Å²) in [5.41, 5.74) is 3.10. The Morgan fingerprint density at radius 1 is 0.852 bits per heavy atom. The van der Waals surface area contributed by atoms with Gasteiger partial charge in [0.15, 0.2) is 0 Å². The van der Waals surface area contributed by atoms with E-state index in [2.05, 4.69) is 46.9 Å². The summed E-state index contributed by atoms with van der Waals surface area (Å²) in [7, 11) is 0. The predicted molar refractivity (Wildman–Crippen MR) is 109 cm³/mol. The van der Waals surface area contributed by atoms with Gasteiger partial charge in [-0.05, 0) is 45.2 Å². The summed E-state index contributed by atoms with van der Waals surface area (Å²) in [5, 5.41) is 23.0. The van der Waals surface area contributed by atoms with Gasteiger partial charge in [0.25, 0.3) is 0 Å². The number of phenolic OH excluding ortho intramolecular Hbond substituents is 2. The molecule has 27 heavy (non-hydrogen) atoms. The zero-order valence-corrected chi connectivity index (χ0v) is 17.2. The van der Waals surface area contributed by atoms with E-state index in [4.69, 9.17) is 0 Å². The summed E-state index contributed by atoms with van der Waals surface area (Å²) in [6.07, 6.45) is 0.254. The number of carbonyl (C=O) groups is 1. The SMILES string of the molecule is CC(C)(C)c1cc(CC(=O)NCc2ccc(O)cc2)cc(C(C)(C)C)c1O. The molecular weight excluding hydrogens is 338 g/mol. The molecule has 3 N–H and O–H groups in total. The molecule has 2 rings (SSSR count). The Bertz CT molecular complexity index is 774. The fourth-order valence-corrected chi connectivity index (χ4v) is 3.00. The molecule has 0 bridgehead atoms. The van der Waals surface area contributed by atoms with Crippen LogP contribution in [-0.2, 0) is 28.6 Å². The van der Waals surface area contributed by atoms with Crippen LogP contribution >= 0.6 is 0 Å². The lowest BCUT2D eigenvalue weighted by Crippen LogP contribution is -2.25. The Labute approximate surface area is 162 Å². The molecule has 0 unspecified atom stereocenters. The Kier molecular flexibility index (Phi) is 5.88. The highest BCUT2D eigenvalue weighted by Gasteiger charge is 2.26. The fourth-order valence-electron chi connectivity index (χ4n) is 3.00. The van der Waals surface area contributed by atoms with Gasteiger partial charge in [-0.25, -0.2) is 0 Å². The first-order chi connectivity index (χ1) is 12.4. The highest BCUT2D eigenvalue weighted by molar-refractivity contribution is 5.79. The van der Waals surface area contributed by atoms with Gasteiger partial charge < -0.3 is 15.5 Å². The second-order valence-electron chi connectivity index (χ2n) is 9.16. The smallest absolute Gasteiger partial charge is 0.224 e. The van der Waals surface area contributed by atoms with Crippen molar-refractivity contribution in [2.75, 3.05) is 0 Å². The van der Waals surface area contributed by atoms with E-state index in [0.717, 1.165) is 22.3 Å². The predicted octanol–water partition coefficient (Wildman–Crippen LogP) is 4.55. The average molecular weight is 370 g/mol. The van der Waals surface area contributed by atoms with Crippen LogP contribution in [0.15, 0.2) is 36.4 Å². The van der Waals surface area contributed by atoms with Crippen LogP contribution in [0.1, 0.15) is 63.8 Å². The second-order valence-corrected chi connectivity index (χ2v) is 9.16. The van der Waals surface area contributed by atoms with Crippen molar-refractivity contribution in [1.29, 1.82) is 0 Å². The molecule has 0 saturated heterocycles. The summed E-state index contributed by atoms with van der Waals surface area (Å²) in [6, 6.07) is 10.6. The summed E-state index contributed by atoms with van der Waals surface area (Å²) in [4.78, 5) is 12.4. The normalized spacial score (nSPS) is 12.1. The monoisotopic (exact) mass is 369 g/mol. The van der Waals surface area contributed by atoms with Crippen LogP contribution < -0.4 is 5.32 Å². The Hall–Kier alpha value is -2.49. The van der Waals surface area contributed by atoms with Gasteiger partial charge in [0.2, 0.25) is 5.91 Å². The number of rotatable bonds is 4. The summed E-state index contributed by atoms with van der Waals surface area (Å²) in [6.45, 7) is 12.8. The van der Waals surface area contributed by atoms with Crippen LogP contribution in [0.2, 0.25) is 0 Å². The molecule has 2 aromatic rings. The van der Waals surface area contributed by atoms with Crippen molar-refractivity contribution in [3.05, 3.63) is 58.7 Å². The molecular formula is C23H31NO3. The van der Waals surface area contributed by atoms with Gasteiger partial charge in [0.1, 0.15) is 11.5 Å². The average Bonchev–Trinajstić information content (AvgIpc) is 2.53. The molecule has 0 spiro atoms. The topological polar surface area (TPSA) is 69.6 Å². The number of phenols is 2. The van der Waals surface area contributed by atoms with E-state index in [1.165, 1.54) is 0 Å². The second kappa shape index (κ2) is 7.63. The lowest BCUT2D eigenvalue weighted by Gasteiger charge is -2.28. The highest BCUT2D eigenvalue weighted by atomic mass is 16.3. The van der Waals surface area contributed by atoms with Crippen LogP contribution in [0.5, 0.6) is 11.5 Å². The quantitative estimate of drug-likeness (QED) is 0.740. The van der Waals surface area contributed by atoms with Crippen molar-refractivity contribution in [3.8, 4) is 11.5 Å². The summed E-state index contributed by atoms with van der Waals surface area (Å²) >= 11 is 0. The standard InChI is InChI=1S/C23H31NO3/c1-22(2,3)18-11-16(12-19(21(18)27)23(4,5)6)13-20(26)24-14-15-7-9-17(25)10-8-15/h7-12,25,27H,13-14H2,1-6H3,(H,24,26). The van der Waals surface area contributed by atoms with E-state index in [9.17, 15) is 15.0 Å². The van der Waals surface area contributed by atoms with Crippen LogP contribution in [0.4, 0.5) is 0 Å². The first kappa shape index (κ1) is 20.8. The van der Waals surface area contributed by atoms with Gasteiger partial charge in [-0.15, -0.1) is 0 Å². The summed E-state index contributed by atoms with van der Waals surface area (Å²) < 4.78 is 0. The minimum Gasteiger partial charge on any atom is -0.508 e. The molecule has 0 atom stereocenters. The molecule has 0 fully saturated rings. The van der Waals surface area contributed by atoms with Crippen molar-refractivity contribution in [3.63, 3.8) is 0 Å². The third-order valence-electron chi connectivity index (χ3n) is 4.58. The third kappa shape index (κ3) is 5.49. The molecule has 1 amide bonds. The van der Waals surface area contributed by atoms with E-state index >= 15 is 0 Å². The number of hydrogen-bond acceptors (Lipinski definition) is 3. The number of hydrogen-bond donors (Lipinski definition) is 3. The van der Waals surface area contributed by atoms with Gasteiger partial charge in [-0.2, -0.15) is 0 Å². The Morgan fingerprint density at radius 2 is 1.33 bits per heavy atom. The van der Waals surface area contributed by atoms with Crippen LogP contribution in [-0.4, -0.2) is 16.1 Å². The maximum absolute atomic E-state index is 12.4. The van der Waals surface area contributed by atoms with Gasteiger partial charge >= 0.3 is 0 Å². The molecule has 0 saturated carbocycles. The van der Waals surface area contributed by atoms with Crippen molar-refractivity contribution in [2.24, 2.45) is 0 Å². The first-order valence-corrected chi connectivity index (χ1v) is 9.29. The molecule has 0 heterocycles. The van der Waals surface area contributed by atoms with E-state index in [-0.39, 0.29) is 28.9 Å². The Balaban J connectivity index is 2.21. The molecule has 0 aromatic heterocycles. The van der Waals surface area contributed by atoms with Crippen LogP contribution in [0, 0.1) is 0 Å². The molecule has 2 aromatic carbocycles. The number of nitrogens with one attached hydrogen (secondary N) is 1. The number of benzene rings is 2. The number of aromatic hydroxyl groups is 2. The number of carbonyl (C=O) groups excluding carboxylic acids is 1. The van der Waals surface area contributed by atoms with Crippen LogP contribution in [0.3, 0.4) is 0 Å². The highest BCUT2D eigenvalue weighted by Crippen LogP contribution is 2.39. The zero-order chi connectivity index (χ0) is 20.4. The maximum atomic E-state index is 12.4.